The van der Waals surface area contributed by atoms with Crippen molar-refractivity contribution < 1.29 is 37.1 Å². The number of unbranched alkanes of at least 4 members (excludes halogenated alkanes) is 1. The molecule has 3 N–H and O–H groups in total. The van der Waals surface area contributed by atoms with Crippen LogP contribution in [0.25, 0.3) is 5.73 Å². The Hall–Kier alpha value is -0.360. The van der Waals surface area contributed by atoms with E-state index in [-0.39, 0.29) is 35.2 Å². The molecule has 0 aliphatic heterocycles. The normalized spacial score (nSPS) is 11.3. The fraction of sp³-hybridized carbons (Fsp3) is 0.778. The van der Waals surface area contributed by atoms with E-state index in [1.165, 1.54) is 0 Å². The summed E-state index contributed by atoms with van der Waals surface area (Å²) in [5.41, 5.74) is 6.60. The maximum absolute atomic E-state index is 11.1. The van der Waals surface area contributed by atoms with E-state index in [1.54, 1.807) is 0 Å². The molecule has 0 heterocycles. The molecular weight excluding hydrogens is 365 g/mol. The third-order valence-corrected chi connectivity index (χ3v) is 1.78. The molecule has 0 spiro atoms. The molecule has 6 heteroatoms. The Bertz CT molecular complexity index is 200. The van der Waals surface area contributed by atoms with E-state index in [0.717, 1.165) is 12.8 Å². The molecule has 0 aliphatic rings. The maximum Gasteiger partial charge on any atom is 0.248 e. The zero-order chi connectivity index (χ0) is 11.0. The second-order valence-electron chi connectivity index (χ2n) is 3.12. The van der Waals surface area contributed by atoms with Crippen molar-refractivity contribution in [2.45, 2.75) is 38.7 Å². The fourth-order valence-electron chi connectivity index (χ4n) is 0.905. The van der Waals surface area contributed by atoms with Gasteiger partial charge in [0.2, 0.25) is 5.91 Å². The number of hydrogen-bond acceptors (Lipinski definition) is 3. The summed E-state index contributed by atoms with van der Waals surface area (Å²) in [7, 11) is 0. The van der Waals surface area contributed by atoms with Gasteiger partial charge in [0.25, 0.3) is 0 Å². The molecule has 0 aromatic heterocycles. The molecule has 1 atom stereocenters. The first-order valence-electron chi connectivity index (χ1n) is 4.78. The van der Waals surface area contributed by atoms with E-state index in [0.29, 0.717) is 6.54 Å². The average molecular weight is 382 g/mol. The molecule has 0 aliphatic carbocycles. The van der Waals surface area contributed by atoms with E-state index < -0.39 is 17.9 Å². The van der Waals surface area contributed by atoms with Gasteiger partial charge in [0.15, 0.2) is 0 Å². The van der Waals surface area contributed by atoms with Gasteiger partial charge in [-0.25, -0.2) is 0 Å². The summed E-state index contributed by atoms with van der Waals surface area (Å²) in [5, 5.41) is 11.8. The van der Waals surface area contributed by atoms with Gasteiger partial charge in [0.05, 0.1) is 0 Å². The second-order valence-corrected chi connectivity index (χ2v) is 3.12. The van der Waals surface area contributed by atoms with Crippen LogP contribution in [0.2, 0.25) is 0 Å². The Morgan fingerprint density at radius 3 is 2.53 bits per heavy atom. The summed E-state index contributed by atoms with van der Waals surface area (Å²) in [6, 6.07) is 0. The second kappa shape index (κ2) is 10.2. The SMILES string of the molecule is CCCCNC(=O)C(O)CCC([NH-])=O.[Ta]. The largest absolute Gasteiger partial charge is 0.668 e. The molecule has 0 aromatic carbocycles. The summed E-state index contributed by atoms with van der Waals surface area (Å²) in [5.74, 6) is -1.22. The van der Waals surface area contributed by atoms with Crippen molar-refractivity contribution in [3.8, 4) is 0 Å². The van der Waals surface area contributed by atoms with Gasteiger partial charge in [-0.1, -0.05) is 13.3 Å². The summed E-state index contributed by atoms with van der Waals surface area (Å²) < 4.78 is 0. The van der Waals surface area contributed by atoms with Crippen molar-refractivity contribution in [1.82, 2.24) is 5.32 Å². The molecule has 2 amide bonds. The number of rotatable bonds is 7. The number of carbonyl (C=O) groups is 2. The fourth-order valence-corrected chi connectivity index (χ4v) is 0.905. The molecular formula is C9H17N2O3Ta-. The number of aliphatic hydroxyl groups is 1. The molecule has 0 bridgehead atoms. The Kier molecular flexibility index (Phi) is 11.6. The Balaban J connectivity index is 0. The predicted octanol–water partition coefficient (Wildman–Crippen LogP) is 0.620. The van der Waals surface area contributed by atoms with Crippen LogP contribution in [-0.4, -0.2) is 29.6 Å². The zero-order valence-electron chi connectivity index (χ0n) is 8.82. The van der Waals surface area contributed by atoms with Crippen molar-refractivity contribution in [2.75, 3.05) is 6.54 Å². The van der Waals surface area contributed by atoms with E-state index in [1.807, 2.05) is 6.92 Å². The van der Waals surface area contributed by atoms with Gasteiger partial charge in [-0.3, -0.25) is 4.79 Å². The van der Waals surface area contributed by atoms with Gasteiger partial charge < -0.3 is 21.0 Å². The smallest absolute Gasteiger partial charge is 0.248 e. The average Bonchev–Trinajstić information content (AvgIpc) is 2.14. The van der Waals surface area contributed by atoms with E-state index in [4.69, 9.17) is 5.73 Å². The molecule has 0 saturated carbocycles. The Morgan fingerprint density at radius 1 is 1.47 bits per heavy atom. The molecule has 0 saturated heterocycles. The quantitative estimate of drug-likeness (QED) is 0.633. The monoisotopic (exact) mass is 382 g/mol. The van der Waals surface area contributed by atoms with Crippen molar-refractivity contribution in [3.05, 3.63) is 5.73 Å². The van der Waals surface area contributed by atoms with Gasteiger partial charge in [-0.2, -0.15) is 0 Å². The maximum atomic E-state index is 11.1. The summed E-state index contributed by atoms with van der Waals surface area (Å²) in [6.45, 7) is 2.54. The summed E-state index contributed by atoms with van der Waals surface area (Å²) >= 11 is 0. The summed E-state index contributed by atoms with van der Waals surface area (Å²) in [4.78, 5) is 21.4. The van der Waals surface area contributed by atoms with E-state index in [2.05, 4.69) is 5.32 Å². The van der Waals surface area contributed by atoms with Crippen molar-refractivity contribution >= 4 is 11.8 Å². The van der Waals surface area contributed by atoms with Crippen LogP contribution in [0.1, 0.15) is 32.6 Å². The molecule has 1 unspecified atom stereocenters. The van der Waals surface area contributed by atoms with E-state index in [9.17, 15) is 14.7 Å². The third-order valence-electron chi connectivity index (χ3n) is 1.78. The summed E-state index contributed by atoms with van der Waals surface area (Å²) in [6.07, 6.45) is 0.626. The van der Waals surface area contributed by atoms with Crippen LogP contribution in [-0.2, 0) is 32.0 Å². The van der Waals surface area contributed by atoms with Gasteiger partial charge in [0, 0.05) is 34.8 Å². The molecule has 0 rings (SSSR count). The first-order chi connectivity index (χ1) is 6.57. The zero-order valence-corrected chi connectivity index (χ0v) is 12.0. The van der Waals surface area contributed by atoms with Crippen LogP contribution >= 0.6 is 0 Å². The van der Waals surface area contributed by atoms with Crippen LogP contribution in [0.3, 0.4) is 0 Å². The number of carbonyl (C=O) groups excluding carboxylic acids is 2. The molecule has 1 radical (unpaired) electrons. The van der Waals surface area contributed by atoms with Gasteiger partial charge >= 0.3 is 0 Å². The van der Waals surface area contributed by atoms with Crippen LogP contribution < -0.4 is 5.32 Å². The number of amides is 2. The molecule has 0 fully saturated rings. The van der Waals surface area contributed by atoms with Crippen LogP contribution in [0, 0.1) is 0 Å². The third kappa shape index (κ3) is 9.93. The van der Waals surface area contributed by atoms with Crippen molar-refractivity contribution in [3.63, 3.8) is 0 Å². The van der Waals surface area contributed by atoms with Crippen molar-refractivity contribution in [1.29, 1.82) is 0 Å². The number of nitrogens with one attached hydrogen (secondary N) is 2. The van der Waals surface area contributed by atoms with Crippen LogP contribution in [0.5, 0.6) is 0 Å². The van der Waals surface area contributed by atoms with Gasteiger partial charge in [-0.05, 0) is 19.3 Å². The standard InChI is InChI=1S/C9H18N2O3.Ta/c1-2-3-6-11-9(14)7(12)4-5-8(10)13;/h7,12H,2-6H2,1H3,(H3,10,11,13,14);/p-1. The van der Waals surface area contributed by atoms with Gasteiger partial charge in [0.1, 0.15) is 6.10 Å². The molecule has 0 aromatic rings. The minimum Gasteiger partial charge on any atom is -0.668 e. The van der Waals surface area contributed by atoms with Crippen LogP contribution in [0.15, 0.2) is 0 Å². The molecule has 5 nitrogen and oxygen atoms in total. The predicted molar refractivity (Wildman–Crippen MR) is 52.5 cm³/mol. The first kappa shape index (κ1) is 17.0. The first-order valence-corrected chi connectivity index (χ1v) is 4.78. The van der Waals surface area contributed by atoms with Crippen molar-refractivity contribution in [2.24, 2.45) is 0 Å². The topological polar surface area (TPSA) is 90.2 Å². The Morgan fingerprint density at radius 2 is 2.07 bits per heavy atom. The van der Waals surface area contributed by atoms with Gasteiger partial charge in [-0.15, -0.1) is 0 Å². The van der Waals surface area contributed by atoms with E-state index >= 15 is 0 Å². The molecule has 87 valence electrons. The molecule has 15 heavy (non-hydrogen) atoms. The minimum absolute atomic E-state index is 0. The minimum atomic E-state index is -1.17. The Labute approximate surface area is 105 Å². The number of hydrogen-bond donors (Lipinski definition) is 2. The number of aliphatic hydroxyl groups excluding tert-OH is 1. The van der Waals surface area contributed by atoms with Crippen LogP contribution in [0.4, 0.5) is 0 Å².